The van der Waals surface area contributed by atoms with Gasteiger partial charge in [-0.25, -0.2) is 4.98 Å². The van der Waals surface area contributed by atoms with Crippen LogP contribution in [0.3, 0.4) is 0 Å². The van der Waals surface area contributed by atoms with Crippen LogP contribution in [0.25, 0.3) is 0 Å². The van der Waals surface area contributed by atoms with Crippen LogP contribution in [0, 0.1) is 27.7 Å². The first-order valence-electron chi connectivity index (χ1n) is 6.74. The Bertz CT molecular complexity index is 619. The molecule has 20 heavy (non-hydrogen) atoms. The number of hydrogen-bond donors (Lipinski definition) is 1. The molecular formula is C16H22N2OS. The van der Waals surface area contributed by atoms with Crippen LogP contribution in [0.1, 0.15) is 38.3 Å². The number of aromatic nitrogens is 1. The molecule has 0 aliphatic rings. The molecular weight excluding hydrogens is 268 g/mol. The largest absolute Gasteiger partial charge is 0.496 e. The number of aryl methyl sites for hydroxylation is 4. The third-order valence-corrected chi connectivity index (χ3v) is 4.63. The van der Waals surface area contributed by atoms with Crippen LogP contribution < -0.4 is 10.1 Å². The van der Waals surface area contributed by atoms with Crippen LogP contribution >= 0.6 is 11.3 Å². The van der Waals surface area contributed by atoms with Gasteiger partial charge in [0.25, 0.3) is 0 Å². The Balaban J connectivity index is 2.60. The number of methoxy groups -OCH3 is 1. The van der Waals surface area contributed by atoms with E-state index >= 15 is 0 Å². The minimum Gasteiger partial charge on any atom is -0.496 e. The highest BCUT2D eigenvalue weighted by Crippen LogP contribution is 2.37. The predicted molar refractivity (Wildman–Crippen MR) is 85.0 cm³/mol. The summed E-state index contributed by atoms with van der Waals surface area (Å²) in [5.74, 6) is 0.937. The smallest absolute Gasteiger partial charge is 0.124 e. The second kappa shape index (κ2) is 5.94. The molecule has 1 aromatic carbocycles. The van der Waals surface area contributed by atoms with Gasteiger partial charge in [0, 0.05) is 10.4 Å². The van der Waals surface area contributed by atoms with Crippen molar-refractivity contribution in [2.24, 2.45) is 0 Å². The molecule has 4 heteroatoms. The van der Waals surface area contributed by atoms with E-state index in [1.54, 1.807) is 18.4 Å². The van der Waals surface area contributed by atoms with E-state index in [1.165, 1.54) is 21.6 Å². The van der Waals surface area contributed by atoms with Gasteiger partial charge in [0.1, 0.15) is 5.75 Å². The summed E-state index contributed by atoms with van der Waals surface area (Å²) in [5, 5.41) is 4.51. The van der Waals surface area contributed by atoms with Crippen LogP contribution in [0.4, 0.5) is 0 Å². The van der Waals surface area contributed by atoms with E-state index < -0.39 is 0 Å². The molecule has 1 unspecified atom stereocenters. The Hall–Kier alpha value is -1.39. The first-order chi connectivity index (χ1) is 9.47. The Labute approximate surface area is 125 Å². The third kappa shape index (κ3) is 2.72. The lowest BCUT2D eigenvalue weighted by Crippen LogP contribution is -2.19. The van der Waals surface area contributed by atoms with Gasteiger partial charge in [-0.15, -0.1) is 11.3 Å². The molecule has 2 aromatic rings. The van der Waals surface area contributed by atoms with Gasteiger partial charge in [0.2, 0.25) is 0 Å². The average Bonchev–Trinajstić information content (AvgIpc) is 2.71. The molecule has 0 spiro atoms. The number of rotatable bonds is 4. The number of hydrogen-bond acceptors (Lipinski definition) is 4. The summed E-state index contributed by atoms with van der Waals surface area (Å²) in [6.07, 6.45) is 0. The molecule has 108 valence electrons. The minimum atomic E-state index is 0.122. The van der Waals surface area contributed by atoms with Crippen molar-refractivity contribution in [1.29, 1.82) is 0 Å². The van der Waals surface area contributed by atoms with Crippen molar-refractivity contribution in [3.63, 3.8) is 0 Å². The van der Waals surface area contributed by atoms with Gasteiger partial charge >= 0.3 is 0 Å². The summed E-state index contributed by atoms with van der Waals surface area (Å²) in [6.45, 7) is 8.35. The predicted octanol–water partition coefficient (Wildman–Crippen LogP) is 3.69. The topological polar surface area (TPSA) is 34.2 Å². The number of thiazole rings is 1. The maximum Gasteiger partial charge on any atom is 0.124 e. The zero-order valence-corrected chi connectivity index (χ0v) is 13.8. The highest BCUT2D eigenvalue weighted by atomic mass is 32.1. The first kappa shape index (κ1) is 15.0. The standard InChI is InChI=1S/C16H22N2OS/c1-9-7-10(2)14(13(8-9)19-6)15(17-5)16-11(3)18-12(4)20-16/h7-8,15,17H,1-6H3. The van der Waals surface area contributed by atoms with E-state index in [0.29, 0.717) is 0 Å². The lowest BCUT2D eigenvalue weighted by atomic mass is 9.96. The Kier molecular flexibility index (Phi) is 4.45. The molecule has 0 aliphatic carbocycles. The molecule has 1 atom stereocenters. The molecule has 2 rings (SSSR count). The summed E-state index contributed by atoms with van der Waals surface area (Å²) < 4.78 is 5.60. The van der Waals surface area contributed by atoms with Crippen molar-refractivity contribution in [2.45, 2.75) is 33.7 Å². The molecule has 0 saturated heterocycles. The first-order valence-corrected chi connectivity index (χ1v) is 7.56. The highest BCUT2D eigenvalue weighted by Gasteiger charge is 2.23. The van der Waals surface area contributed by atoms with Crippen LogP contribution in [-0.4, -0.2) is 19.1 Å². The van der Waals surface area contributed by atoms with Crippen LogP contribution in [0.2, 0.25) is 0 Å². The maximum atomic E-state index is 5.60. The fraction of sp³-hybridized carbons (Fsp3) is 0.438. The van der Waals surface area contributed by atoms with Gasteiger partial charge in [-0.3, -0.25) is 0 Å². The Morgan fingerprint density at radius 3 is 2.40 bits per heavy atom. The SMILES string of the molecule is CNC(c1sc(C)nc1C)c1c(C)cc(C)cc1OC. The van der Waals surface area contributed by atoms with Gasteiger partial charge in [0.05, 0.1) is 23.9 Å². The Morgan fingerprint density at radius 2 is 1.90 bits per heavy atom. The summed E-state index contributed by atoms with van der Waals surface area (Å²) in [7, 11) is 3.72. The number of nitrogens with zero attached hydrogens (tertiary/aromatic N) is 1. The van der Waals surface area contributed by atoms with Gasteiger partial charge in [-0.2, -0.15) is 0 Å². The summed E-state index contributed by atoms with van der Waals surface area (Å²) in [5.41, 5.74) is 4.75. The Morgan fingerprint density at radius 1 is 1.20 bits per heavy atom. The molecule has 1 N–H and O–H groups in total. The lowest BCUT2D eigenvalue weighted by molar-refractivity contribution is 0.404. The molecule has 1 aromatic heterocycles. The number of benzene rings is 1. The van der Waals surface area contributed by atoms with Crippen molar-refractivity contribution in [1.82, 2.24) is 10.3 Å². The normalized spacial score (nSPS) is 12.5. The highest BCUT2D eigenvalue weighted by molar-refractivity contribution is 7.11. The molecule has 1 heterocycles. The second-order valence-corrected chi connectivity index (χ2v) is 6.34. The fourth-order valence-electron chi connectivity index (χ4n) is 2.70. The molecule has 0 amide bonds. The van der Waals surface area contributed by atoms with Crippen molar-refractivity contribution in [3.8, 4) is 5.75 Å². The van der Waals surface area contributed by atoms with Crippen molar-refractivity contribution in [2.75, 3.05) is 14.2 Å². The van der Waals surface area contributed by atoms with Crippen molar-refractivity contribution < 1.29 is 4.74 Å². The zero-order chi connectivity index (χ0) is 14.9. The van der Waals surface area contributed by atoms with E-state index in [2.05, 4.69) is 43.2 Å². The quantitative estimate of drug-likeness (QED) is 0.932. The molecule has 0 bridgehead atoms. The average molecular weight is 290 g/mol. The molecule has 3 nitrogen and oxygen atoms in total. The minimum absolute atomic E-state index is 0.122. The van der Waals surface area contributed by atoms with E-state index in [1.807, 2.05) is 14.0 Å². The van der Waals surface area contributed by atoms with E-state index in [0.717, 1.165) is 16.5 Å². The second-order valence-electron chi connectivity index (χ2n) is 5.10. The lowest BCUT2D eigenvalue weighted by Gasteiger charge is -2.21. The summed E-state index contributed by atoms with van der Waals surface area (Å²) in [4.78, 5) is 5.81. The van der Waals surface area contributed by atoms with E-state index in [-0.39, 0.29) is 6.04 Å². The van der Waals surface area contributed by atoms with Crippen LogP contribution in [0.5, 0.6) is 5.75 Å². The van der Waals surface area contributed by atoms with Crippen LogP contribution in [0.15, 0.2) is 12.1 Å². The molecule has 0 radical (unpaired) electrons. The van der Waals surface area contributed by atoms with Crippen LogP contribution in [-0.2, 0) is 0 Å². The zero-order valence-electron chi connectivity index (χ0n) is 13.0. The van der Waals surface area contributed by atoms with Gasteiger partial charge in [-0.1, -0.05) is 6.07 Å². The van der Waals surface area contributed by atoms with Gasteiger partial charge in [0.15, 0.2) is 0 Å². The van der Waals surface area contributed by atoms with E-state index in [4.69, 9.17) is 4.74 Å². The third-order valence-electron chi connectivity index (χ3n) is 3.49. The maximum absolute atomic E-state index is 5.60. The van der Waals surface area contributed by atoms with Crippen molar-refractivity contribution in [3.05, 3.63) is 44.4 Å². The summed E-state index contributed by atoms with van der Waals surface area (Å²) >= 11 is 1.74. The molecule has 0 fully saturated rings. The van der Waals surface area contributed by atoms with E-state index in [9.17, 15) is 0 Å². The van der Waals surface area contributed by atoms with Gasteiger partial charge < -0.3 is 10.1 Å². The van der Waals surface area contributed by atoms with Gasteiger partial charge in [-0.05, 0) is 51.9 Å². The monoisotopic (exact) mass is 290 g/mol. The fourth-order valence-corrected chi connectivity index (χ4v) is 3.75. The molecule has 0 saturated carbocycles. The van der Waals surface area contributed by atoms with Crippen molar-refractivity contribution >= 4 is 11.3 Å². The number of ether oxygens (including phenoxy) is 1. The summed E-state index contributed by atoms with van der Waals surface area (Å²) in [6, 6.07) is 4.41. The molecule has 0 aliphatic heterocycles. The number of nitrogens with one attached hydrogen (secondary N) is 1.